The fraction of sp³-hybridized carbons (Fsp3) is 0.571. The summed E-state index contributed by atoms with van der Waals surface area (Å²) in [5.74, 6) is 0. The smallest absolute Gasteiger partial charge is 0.240 e. The van der Waals surface area contributed by atoms with Gasteiger partial charge in [-0.1, -0.05) is 24.4 Å². The molecule has 1 fully saturated rings. The molecule has 1 saturated carbocycles. The van der Waals surface area contributed by atoms with E-state index in [-0.39, 0.29) is 17.0 Å². The molecule has 1 N–H and O–H groups in total. The second-order valence-corrected chi connectivity index (χ2v) is 7.65. The summed E-state index contributed by atoms with van der Waals surface area (Å²) in [5, 5.41) is 0.535. The molecule has 0 aliphatic heterocycles. The maximum absolute atomic E-state index is 12.4. The average molecular weight is 317 g/mol. The van der Waals surface area contributed by atoms with E-state index in [4.69, 9.17) is 11.6 Å². The van der Waals surface area contributed by atoms with Gasteiger partial charge in [-0.05, 0) is 51.2 Å². The van der Waals surface area contributed by atoms with E-state index in [1.165, 1.54) is 12.1 Å². The number of rotatable bonds is 4. The van der Waals surface area contributed by atoms with E-state index in [2.05, 4.69) is 9.62 Å². The molecule has 1 aromatic carbocycles. The van der Waals surface area contributed by atoms with Crippen molar-refractivity contribution in [1.29, 1.82) is 0 Å². The van der Waals surface area contributed by atoms with Crippen LogP contribution in [0.15, 0.2) is 29.2 Å². The number of benzene rings is 1. The van der Waals surface area contributed by atoms with Gasteiger partial charge in [0.05, 0.1) is 4.90 Å². The molecule has 0 heterocycles. The molecule has 1 aromatic rings. The second kappa shape index (κ2) is 6.43. The molecular weight excluding hydrogens is 296 g/mol. The number of hydrogen-bond acceptors (Lipinski definition) is 3. The molecule has 112 valence electrons. The van der Waals surface area contributed by atoms with Gasteiger partial charge in [-0.3, -0.25) is 0 Å². The van der Waals surface area contributed by atoms with Crippen LogP contribution in [0.2, 0.25) is 5.02 Å². The third kappa shape index (κ3) is 3.73. The van der Waals surface area contributed by atoms with E-state index in [0.717, 1.165) is 25.7 Å². The Bertz CT molecular complexity index is 543. The Labute approximate surface area is 126 Å². The molecule has 0 unspecified atom stereocenters. The molecule has 0 aromatic heterocycles. The van der Waals surface area contributed by atoms with Gasteiger partial charge in [-0.25, -0.2) is 13.1 Å². The van der Waals surface area contributed by atoms with Crippen LogP contribution in [0.1, 0.15) is 25.7 Å². The number of nitrogens with zero attached hydrogens (tertiary/aromatic N) is 1. The van der Waals surface area contributed by atoms with E-state index in [1.54, 1.807) is 12.1 Å². The van der Waals surface area contributed by atoms with Crippen LogP contribution in [0.4, 0.5) is 0 Å². The third-order valence-electron chi connectivity index (χ3n) is 3.82. The Hall–Kier alpha value is -0.620. The van der Waals surface area contributed by atoms with Crippen LogP contribution in [0.5, 0.6) is 0 Å². The van der Waals surface area contributed by atoms with Gasteiger partial charge >= 0.3 is 0 Å². The molecule has 20 heavy (non-hydrogen) atoms. The van der Waals surface area contributed by atoms with Gasteiger partial charge in [0.1, 0.15) is 0 Å². The molecular formula is C14H21ClN2O2S. The Kier molecular flexibility index (Phi) is 5.07. The first kappa shape index (κ1) is 15.8. The number of sulfonamides is 1. The minimum atomic E-state index is -3.48. The van der Waals surface area contributed by atoms with Gasteiger partial charge < -0.3 is 4.90 Å². The largest absolute Gasteiger partial charge is 0.305 e. The lowest BCUT2D eigenvalue weighted by atomic mass is 9.90. The first-order chi connectivity index (χ1) is 9.40. The SMILES string of the molecule is CN(C)[C@@H]1CCCC[C@@H]1NS(=O)(=O)c1ccc(Cl)cc1. The van der Waals surface area contributed by atoms with Crippen molar-refractivity contribution >= 4 is 21.6 Å². The molecule has 0 amide bonds. The van der Waals surface area contributed by atoms with E-state index >= 15 is 0 Å². The van der Waals surface area contributed by atoms with Crippen LogP contribution in [0, 0.1) is 0 Å². The summed E-state index contributed by atoms with van der Waals surface area (Å²) in [5.41, 5.74) is 0. The minimum absolute atomic E-state index is 0.0283. The van der Waals surface area contributed by atoms with Crippen LogP contribution in [-0.2, 0) is 10.0 Å². The summed E-state index contributed by atoms with van der Waals surface area (Å²) in [6, 6.07) is 6.50. The van der Waals surface area contributed by atoms with E-state index in [1.807, 2.05) is 14.1 Å². The predicted octanol–water partition coefficient (Wildman–Crippen LogP) is 2.49. The lowest BCUT2D eigenvalue weighted by Gasteiger charge is -2.36. The highest BCUT2D eigenvalue weighted by atomic mass is 35.5. The summed E-state index contributed by atoms with van der Waals surface area (Å²) in [6.07, 6.45) is 4.14. The van der Waals surface area contributed by atoms with Crippen molar-refractivity contribution in [1.82, 2.24) is 9.62 Å². The highest BCUT2D eigenvalue weighted by Gasteiger charge is 2.30. The van der Waals surface area contributed by atoms with Crippen LogP contribution >= 0.6 is 11.6 Å². The number of nitrogens with one attached hydrogen (secondary N) is 1. The summed E-state index contributed by atoms with van der Waals surface area (Å²) in [7, 11) is 0.521. The minimum Gasteiger partial charge on any atom is -0.305 e. The summed E-state index contributed by atoms with van der Waals surface area (Å²) in [4.78, 5) is 2.37. The summed E-state index contributed by atoms with van der Waals surface area (Å²) in [6.45, 7) is 0. The molecule has 6 heteroatoms. The highest BCUT2D eigenvalue weighted by molar-refractivity contribution is 7.89. The van der Waals surface area contributed by atoms with Crippen LogP contribution in [-0.4, -0.2) is 39.5 Å². The molecule has 2 atom stereocenters. The average Bonchev–Trinajstić information content (AvgIpc) is 2.39. The zero-order chi connectivity index (χ0) is 14.8. The quantitative estimate of drug-likeness (QED) is 0.928. The van der Waals surface area contributed by atoms with Crippen LogP contribution in [0.25, 0.3) is 0 Å². The number of halogens is 1. The molecule has 0 bridgehead atoms. The van der Waals surface area contributed by atoms with Gasteiger partial charge in [0.2, 0.25) is 10.0 Å². The lowest BCUT2D eigenvalue weighted by molar-refractivity contribution is 0.191. The van der Waals surface area contributed by atoms with Crippen molar-refractivity contribution in [3.63, 3.8) is 0 Å². The molecule has 0 saturated heterocycles. The highest BCUT2D eigenvalue weighted by Crippen LogP contribution is 2.23. The zero-order valence-electron chi connectivity index (χ0n) is 11.8. The van der Waals surface area contributed by atoms with Crippen molar-refractivity contribution in [3.05, 3.63) is 29.3 Å². The van der Waals surface area contributed by atoms with Crippen LogP contribution < -0.4 is 4.72 Å². The molecule has 1 aliphatic carbocycles. The van der Waals surface area contributed by atoms with Crippen LogP contribution in [0.3, 0.4) is 0 Å². The molecule has 0 radical (unpaired) electrons. The van der Waals surface area contributed by atoms with Crippen molar-refractivity contribution < 1.29 is 8.42 Å². The normalized spacial score (nSPS) is 24.0. The number of likely N-dealkylation sites (N-methyl/N-ethyl adjacent to an activating group) is 1. The topological polar surface area (TPSA) is 49.4 Å². The predicted molar refractivity (Wildman–Crippen MR) is 81.5 cm³/mol. The van der Waals surface area contributed by atoms with Gasteiger partial charge in [0.25, 0.3) is 0 Å². The summed E-state index contributed by atoms with van der Waals surface area (Å²) < 4.78 is 27.7. The van der Waals surface area contributed by atoms with Crippen molar-refractivity contribution in [3.8, 4) is 0 Å². The maximum Gasteiger partial charge on any atom is 0.240 e. The third-order valence-corrected chi connectivity index (χ3v) is 5.58. The Morgan fingerprint density at radius 3 is 2.35 bits per heavy atom. The van der Waals surface area contributed by atoms with Crippen molar-refractivity contribution in [2.75, 3.05) is 14.1 Å². The Morgan fingerprint density at radius 1 is 1.15 bits per heavy atom. The molecule has 4 nitrogen and oxygen atoms in total. The molecule has 2 rings (SSSR count). The van der Waals surface area contributed by atoms with Gasteiger partial charge in [0.15, 0.2) is 0 Å². The Morgan fingerprint density at radius 2 is 1.75 bits per heavy atom. The van der Waals surface area contributed by atoms with Crippen molar-refractivity contribution in [2.24, 2.45) is 0 Å². The number of hydrogen-bond donors (Lipinski definition) is 1. The fourth-order valence-electron chi connectivity index (χ4n) is 2.75. The fourth-order valence-corrected chi connectivity index (χ4v) is 4.18. The zero-order valence-corrected chi connectivity index (χ0v) is 13.4. The van der Waals surface area contributed by atoms with E-state index in [0.29, 0.717) is 5.02 Å². The molecule has 1 aliphatic rings. The molecule has 0 spiro atoms. The Balaban J connectivity index is 2.16. The monoisotopic (exact) mass is 316 g/mol. The van der Waals surface area contributed by atoms with E-state index < -0.39 is 10.0 Å². The van der Waals surface area contributed by atoms with Gasteiger partial charge in [-0.15, -0.1) is 0 Å². The van der Waals surface area contributed by atoms with Crippen molar-refractivity contribution in [2.45, 2.75) is 42.7 Å². The lowest BCUT2D eigenvalue weighted by Crippen LogP contribution is -2.50. The summed E-state index contributed by atoms with van der Waals surface area (Å²) >= 11 is 5.80. The maximum atomic E-state index is 12.4. The first-order valence-electron chi connectivity index (χ1n) is 6.84. The second-order valence-electron chi connectivity index (χ2n) is 5.50. The first-order valence-corrected chi connectivity index (χ1v) is 8.70. The van der Waals surface area contributed by atoms with Gasteiger partial charge in [0, 0.05) is 17.1 Å². The van der Waals surface area contributed by atoms with E-state index in [9.17, 15) is 8.42 Å². The van der Waals surface area contributed by atoms with Gasteiger partial charge in [-0.2, -0.15) is 0 Å². The standard InChI is InChI=1S/C14H21ClN2O2S/c1-17(2)14-6-4-3-5-13(14)16-20(18,19)12-9-7-11(15)8-10-12/h7-10,13-14,16H,3-6H2,1-2H3/t13-,14+/m0/s1.